The minimum absolute atomic E-state index is 0.258. The van der Waals surface area contributed by atoms with Crippen molar-refractivity contribution in [2.45, 2.75) is 25.3 Å². The van der Waals surface area contributed by atoms with Crippen molar-refractivity contribution in [2.75, 3.05) is 5.32 Å². The number of rotatable bonds is 3. The quantitative estimate of drug-likeness (QED) is 0.798. The molecule has 1 aliphatic carbocycles. The molecule has 0 atom stereocenters. The van der Waals surface area contributed by atoms with Crippen molar-refractivity contribution in [1.29, 1.82) is 0 Å². The van der Waals surface area contributed by atoms with Crippen molar-refractivity contribution in [1.82, 2.24) is 0 Å². The zero-order valence-corrected chi connectivity index (χ0v) is 10.1. The maximum atomic E-state index is 6.07. The van der Waals surface area contributed by atoms with E-state index in [2.05, 4.69) is 12.2 Å². The monoisotopic (exact) mass is 240 g/mol. The van der Waals surface area contributed by atoms with Gasteiger partial charge < -0.3 is 11.1 Å². The Hall–Kier alpha value is -0.800. The van der Waals surface area contributed by atoms with Crippen LogP contribution in [0, 0.1) is 0 Å². The van der Waals surface area contributed by atoms with Gasteiger partial charge in [-0.3, -0.25) is 0 Å². The highest BCUT2D eigenvalue weighted by Crippen LogP contribution is 2.38. The summed E-state index contributed by atoms with van der Waals surface area (Å²) in [6.45, 7) is 2.20. The van der Waals surface area contributed by atoms with Gasteiger partial charge in [0.05, 0.1) is 5.02 Å². The molecule has 1 aliphatic rings. The second kappa shape index (κ2) is 3.65. The van der Waals surface area contributed by atoms with Gasteiger partial charge in [0.15, 0.2) is 0 Å². The van der Waals surface area contributed by atoms with Gasteiger partial charge in [-0.15, -0.1) is 0 Å². The molecule has 0 amide bonds. The van der Waals surface area contributed by atoms with E-state index in [9.17, 15) is 0 Å². The van der Waals surface area contributed by atoms with Crippen LogP contribution in [-0.2, 0) is 0 Å². The van der Waals surface area contributed by atoms with Crippen molar-refractivity contribution >= 4 is 34.5 Å². The molecular formula is C11H13ClN2S. The zero-order valence-electron chi connectivity index (χ0n) is 8.51. The second-order valence-corrected chi connectivity index (χ2v) is 5.09. The number of hydrogen-bond acceptors (Lipinski definition) is 2. The molecule has 0 unspecified atom stereocenters. The molecule has 0 saturated heterocycles. The SMILES string of the molecule is CC1(Nc2ccc(C(N)=S)c(Cl)c2)CC1. The Balaban J connectivity index is 2.21. The van der Waals surface area contributed by atoms with Crippen LogP contribution in [0.5, 0.6) is 0 Å². The van der Waals surface area contributed by atoms with E-state index >= 15 is 0 Å². The third kappa shape index (κ3) is 2.41. The number of nitrogens with two attached hydrogens (primary N) is 1. The van der Waals surface area contributed by atoms with Crippen LogP contribution in [0.15, 0.2) is 18.2 Å². The fourth-order valence-corrected chi connectivity index (χ4v) is 1.97. The molecular weight excluding hydrogens is 228 g/mol. The smallest absolute Gasteiger partial charge is 0.105 e. The molecule has 15 heavy (non-hydrogen) atoms. The lowest BCUT2D eigenvalue weighted by molar-refractivity contribution is 0.829. The molecule has 0 radical (unpaired) electrons. The van der Waals surface area contributed by atoms with Crippen molar-refractivity contribution in [2.24, 2.45) is 5.73 Å². The second-order valence-electron chi connectivity index (χ2n) is 4.24. The van der Waals surface area contributed by atoms with E-state index in [0.717, 1.165) is 11.3 Å². The first-order chi connectivity index (χ1) is 7.00. The first-order valence-electron chi connectivity index (χ1n) is 4.88. The predicted molar refractivity (Wildman–Crippen MR) is 68.6 cm³/mol. The Kier molecular flexibility index (Phi) is 2.61. The lowest BCUT2D eigenvalue weighted by atomic mass is 10.2. The Morgan fingerprint density at radius 2 is 2.20 bits per heavy atom. The van der Waals surface area contributed by atoms with Crippen LogP contribution >= 0.6 is 23.8 Å². The van der Waals surface area contributed by atoms with Gasteiger partial charge in [0.2, 0.25) is 0 Å². The minimum Gasteiger partial charge on any atom is -0.389 e. The van der Waals surface area contributed by atoms with Crippen molar-refractivity contribution in [3.8, 4) is 0 Å². The molecule has 0 aliphatic heterocycles. The Labute approximate surface area is 99.8 Å². The average molecular weight is 241 g/mol. The highest BCUT2D eigenvalue weighted by atomic mass is 35.5. The number of nitrogens with one attached hydrogen (secondary N) is 1. The van der Waals surface area contributed by atoms with Gasteiger partial charge in [0.1, 0.15) is 4.99 Å². The van der Waals surface area contributed by atoms with Crippen molar-refractivity contribution < 1.29 is 0 Å². The van der Waals surface area contributed by atoms with E-state index in [-0.39, 0.29) is 5.54 Å². The van der Waals surface area contributed by atoms with Crippen molar-refractivity contribution in [3.05, 3.63) is 28.8 Å². The summed E-state index contributed by atoms with van der Waals surface area (Å²) in [6.07, 6.45) is 2.42. The summed E-state index contributed by atoms with van der Waals surface area (Å²) in [4.78, 5) is 0.337. The standard InChI is InChI=1S/C11H13ClN2S/c1-11(4-5-11)14-7-2-3-8(10(13)15)9(12)6-7/h2-3,6,14H,4-5H2,1H3,(H2,13,15). The molecule has 3 N–H and O–H groups in total. The molecule has 0 bridgehead atoms. The average Bonchev–Trinajstić information content (AvgIpc) is 2.82. The summed E-state index contributed by atoms with van der Waals surface area (Å²) in [5.74, 6) is 0. The van der Waals surface area contributed by atoms with Crippen LogP contribution < -0.4 is 11.1 Å². The van der Waals surface area contributed by atoms with Crippen LogP contribution in [0.2, 0.25) is 5.02 Å². The fourth-order valence-electron chi connectivity index (χ4n) is 1.45. The molecule has 1 aromatic rings. The van der Waals surface area contributed by atoms with E-state index in [1.165, 1.54) is 12.8 Å². The van der Waals surface area contributed by atoms with Crippen LogP contribution in [0.3, 0.4) is 0 Å². The molecule has 0 spiro atoms. The van der Waals surface area contributed by atoms with E-state index in [4.69, 9.17) is 29.6 Å². The lowest BCUT2D eigenvalue weighted by Crippen LogP contribution is -2.16. The van der Waals surface area contributed by atoms with E-state index in [1.807, 2.05) is 18.2 Å². The molecule has 2 rings (SSSR count). The largest absolute Gasteiger partial charge is 0.389 e. The molecule has 1 saturated carbocycles. The summed E-state index contributed by atoms with van der Waals surface area (Å²) in [5.41, 5.74) is 7.55. The number of hydrogen-bond donors (Lipinski definition) is 2. The third-order valence-electron chi connectivity index (χ3n) is 2.68. The predicted octanol–water partition coefficient (Wildman–Crippen LogP) is 2.94. The lowest BCUT2D eigenvalue weighted by Gasteiger charge is -2.14. The maximum absolute atomic E-state index is 6.07. The number of thiocarbonyl (C=S) groups is 1. The normalized spacial score (nSPS) is 17.2. The van der Waals surface area contributed by atoms with Crippen LogP contribution in [0.4, 0.5) is 5.69 Å². The van der Waals surface area contributed by atoms with E-state index in [0.29, 0.717) is 10.0 Å². The van der Waals surface area contributed by atoms with Gasteiger partial charge in [-0.1, -0.05) is 23.8 Å². The topological polar surface area (TPSA) is 38.0 Å². The molecule has 0 heterocycles. The molecule has 0 aromatic heterocycles. The number of anilines is 1. The first kappa shape index (κ1) is 10.7. The Bertz CT molecular complexity index is 413. The van der Waals surface area contributed by atoms with Gasteiger partial charge in [0, 0.05) is 16.8 Å². The summed E-state index contributed by atoms with van der Waals surface area (Å²) < 4.78 is 0. The molecule has 80 valence electrons. The number of benzene rings is 1. The highest BCUT2D eigenvalue weighted by molar-refractivity contribution is 7.80. The summed E-state index contributed by atoms with van der Waals surface area (Å²) in [5, 5.41) is 4.04. The van der Waals surface area contributed by atoms with Gasteiger partial charge in [-0.2, -0.15) is 0 Å². The van der Waals surface area contributed by atoms with Gasteiger partial charge in [-0.05, 0) is 38.0 Å². The molecule has 1 fully saturated rings. The van der Waals surface area contributed by atoms with E-state index in [1.54, 1.807) is 0 Å². The van der Waals surface area contributed by atoms with Gasteiger partial charge in [-0.25, -0.2) is 0 Å². The van der Waals surface area contributed by atoms with Crippen LogP contribution in [0.1, 0.15) is 25.3 Å². The minimum atomic E-state index is 0.258. The Morgan fingerprint density at radius 1 is 1.53 bits per heavy atom. The summed E-state index contributed by atoms with van der Waals surface area (Å²) >= 11 is 11.0. The highest BCUT2D eigenvalue weighted by Gasteiger charge is 2.36. The zero-order chi connectivity index (χ0) is 11.1. The fraction of sp³-hybridized carbons (Fsp3) is 0.364. The summed E-state index contributed by atoms with van der Waals surface area (Å²) in [7, 11) is 0. The van der Waals surface area contributed by atoms with Crippen LogP contribution in [0.25, 0.3) is 0 Å². The molecule has 4 heteroatoms. The first-order valence-corrected chi connectivity index (χ1v) is 5.66. The van der Waals surface area contributed by atoms with Gasteiger partial charge in [0.25, 0.3) is 0 Å². The Morgan fingerprint density at radius 3 is 2.67 bits per heavy atom. The summed E-state index contributed by atoms with van der Waals surface area (Å²) in [6, 6.07) is 5.70. The third-order valence-corrected chi connectivity index (χ3v) is 3.21. The molecule has 2 nitrogen and oxygen atoms in total. The van der Waals surface area contributed by atoms with E-state index < -0.39 is 0 Å². The van der Waals surface area contributed by atoms with Gasteiger partial charge >= 0.3 is 0 Å². The number of halogens is 1. The van der Waals surface area contributed by atoms with Crippen molar-refractivity contribution in [3.63, 3.8) is 0 Å². The molecule has 1 aromatic carbocycles. The maximum Gasteiger partial charge on any atom is 0.105 e. The van der Waals surface area contributed by atoms with Crippen LogP contribution in [-0.4, -0.2) is 10.5 Å².